The minimum Gasteiger partial charge on any atom is -0.329 e. The maximum atomic E-state index is 13.4. The van der Waals surface area contributed by atoms with Crippen LogP contribution in [0, 0.1) is 12.7 Å². The minimum absolute atomic E-state index is 0.0644. The molecule has 0 spiro atoms. The van der Waals surface area contributed by atoms with Gasteiger partial charge in [-0.25, -0.2) is 4.39 Å². The average Bonchev–Trinajstić information content (AvgIpc) is 2.80. The summed E-state index contributed by atoms with van der Waals surface area (Å²) >= 11 is 0. The molecule has 2 N–H and O–H groups in total. The van der Waals surface area contributed by atoms with Crippen LogP contribution in [0.2, 0.25) is 0 Å². The van der Waals surface area contributed by atoms with Crippen molar-refractivity contribution in [2.75, 3.05) is 13.6 Å². The maximum absolute atomic E-state index is 13.4. The lowest BCUT2D eigenvalue weighted by Crippen LogP contribution is -2.30. The summed E-state index contributed by atoms with van der Waals surface area (Å²) < 4.78 is 15.1. The van der Waals surface area contributed by atoms with E-state index < -0.39 is 0 Å². The Labute approximate surface area is 119 Å². The van der Waals surface area contributed by atoms with Crippen LogP contribution in [-0.2, 0) is 13.6 Å². The van der Waals surface area contributed by atoms with E-state index in [0.717, 1.165) is 17.7 Å². The fourth-order valence-corrected chi connectivity index (χ4v) is 2.40. The lowest BCUT2D eigenvalue weighted by atomic mass is 10.0. The number of aromatic nitrogens is 2. The molecular weight excluding hydrogens is 255 g/mol. The Balaban J connectivity index is 2.16. The van der Waals surface area contributed by atoms with Crippen molar-refractivity contribution in [2.24, 2.45) is 12.8 Å². The van der Waals surface area contributed by atoms with Crippen molar-refractivity contribution in [2.45, 2.75) is 19.5 Å². The average molecular weight is 276 g/mol. The van der Waals surface area contributed by atoms with E-state index >= 15 is 0 Å². The molecule has 0 aliphatic rings. The third-order valence-corrected chi connectivity index (χ3v) is 3.51. The van der Waals surface area contributed by atoms with Crippen molar-refractivity contribution < 1.29 is 4.39 Å². The molecule has 20 heavy (non-hydrogen) atoms. The van der Waals surface area contributed by atoms with Gasteiger partial charge in [0.05, 0.1) is 6.20 Å². The van der Waals surface area contributed by atoms with Crippen LogP contribution < -0.4 is 5.73 Å². The number of hydrogen-bond donors (Lipinski definition) is 1. The molecule has 0 fully saturated rings. The standard InChI is InChI=1S/C15H21FN4/c1-11-6-13(4-5-14(11)16)15(7-17)19(2)9-12-8-18-20(3)10-12/h4-6,8,10,15H,7,9,17H2,1-3H3. The summed E-state index contributed by atoms with van der Waals surface area (Å²) in [6.45, 7) is 3.02. The van der Waals surface area contributed by atoms with E-state index in [2.05, 4.69) is 10.00 Å². The summed E-state index contributed by atoms with van der Waals surface area (Å²) in [7, 11) is 3.91. The number of nitrogens with zero attached hydrogens (tertiary/aromatic N) is 3. The first-order chi connectivity index (χ1) is 9.51. The van der Waals surface area contributed by atoms with Crippen LogP contribution in [-0.4, -0.2) is 28.3 Å². The predicted octanol–water partition coefficient (Wildman–Crippen LogP) is 2.00. The molecule has 0 aliphatic heterocycles. The zero-order valence-electron chi connectivity index (χ0n) is 12.2. The second kappa shape index (κ2) is 6.15. The number of rotatable bonds is 5. The Morgan fingerprint density at radius 2 is 2.20 bits per heavy atom. The molecule has 5 heteroatoms. The van der Waals surface area contributed by atoms with E-state index in [1.807, 2.05) is 32.6 Å². The van der Waals surface area contributed by atoms with E-state index in [0.29, 0.717) is 12.1 Å². The van der Waals surface area contributed by atoms with Gasteiger partial charge in [0.15, 0.2) is 0 Å². The molecule has 1 aromatic carbocycles. The van der Waals surface area contributed by atoms with Gasteiger partial charge in [-0.1, -0.05) is 12.1 Å². The van der Waals surface area contributed by atoms with Crippen LogP contribution in [0.5, 0.6) is 0 Å². The van der Waals surface area contributed by atoms with Gasteiger partial charge in [-0.15, -0.1) is 0 Å². The quantitative estimate of drug-likeness (QED) is 0.908. The molecular formula is C15H21FN4. The van der Waals surface area contributed by atoms with E-state index in [4.69, 9.17) is 5.73 Å². The summed E-state index contributed by atoms with van der Waals surface area (Å²) in [5.41, 5.74) is 8.72. The normalized spacial score (nSPS) is 12.9. The Morgan fingerprint density at radius 1 is 1.45 bits per heavy atom. The molecule has 0 amide bonds. The summed E-state index contributed by atoms with van der Waals surface area (Å²) in [6, 6.07) is 5.24. The van der Waals surface area contributed by atoms with Crippen LogP contribution >= 0.6 is 0 Å². The predicted molar refractivity (Wildman–Crippen MR) is 77.6 cm³/mol. The SMILES string of the molecule is Cc1cc(C(CN)N(C)Cc2cnn(C)c2)ccc1F. The molecule has 0 aliphatic carbocycles. The summed E-state index contributed by atoms with van der Waals surface area (Å²) in [6.07, 6.45) is 3.83. The molecule has 1 aromatic heterocycles. The molecule has 0 bridgehead atoms. The molecule has 2 rings (SSSR count). The number of nitrogens with two attached hydrogens (primary N) is 1. The zero-order chi connectivity index (χ0) is 14.7. The van der Waals surface area contributed by atoms with Gasteiger partial charge < -0.3 is 5.73 Å². The second-order valence-electron chi connectivity index (χ2n) is 5.20. The fourth-order valence-electron chi connectivity index (χ4n) is 2.40. The van der Waals surface area contributed by atoms with Gasteiger partial charge in [-0.3, -0.25) is 9.58 Å². The number of hydrogen-bond acceptors (Lipinski definition) is 3. The van der Waals surface area contributed by atoms with Crippen LogP contribution in [0.3, 0.4) is 0 Å². The lowest BCUT2D eigenvalue weighted by Gasteiger charge is -2.27. The Bertz CT molecular complexity index is 579. The largest absolute Gasteiger partial charge is 0.329 e. The van der Waals surface area contributed by atoms with Crippen LogP contribution in [0.15, 0.2) is 30.6 Å². The summed E-state index contributed by atoms with van der Waals surface area (Å²) in [4.78, 5) is 2.16. The molecule has 4 nitrogen and oxygen atoms in total. The van der Waals surface area contributed by atoms with Gasteiger partial charge in [-0.05, 0) is 31.2 Å². The van der Waals surface area contributed by atoms with Gasteiger partial charge in [0.25, 0.3) is 0 Å². The second-order valence-corrected chi connectivity index (χ2v) is 5.20. The van der Waals surface area contributed by atoms with Crippen LogP contribution in [0.25, 0.3) is 0 Å². The van der Waals surface area contributed by atoms with E-state index in [1.165, 1.54) is 6.07 Å². The first kappa shape index (κ1) is 14.7. The van der Waals surface area contributed by atoms with Crippen molar-refractivity contribution >= 4 is 0 Å². The van der Waals surface area contributed by atoms with Gasteiger partial charge in [0.2, 0.25) is 0 Å². The Morgan fingerprint density at radius 3 is 2.75 bits per heavy atom. The third kappa shape index (κ3) is 3.23. The molecule has 2 aromatic rings. The smallest absolute Gasteiger partial charge is 0.126 e. The maximum Gasteiger partial charge on any atom is 0.126 e. The van der Waals surface area contributed by atoms with Crippen molar-refractivity contribution in [3.05, 3.63) is 53.1 Å². The Kier molecular flexibility index (Phi) is 4.52. The van der Waals surface area contributed by atoms with E-state index in [-0.39, 0.29) is 11.9 Å². The summed E-state index contributed by atoms with van der Waals surface area (Å²) in [5, 5.41) is 4.16. The van der Waals surface area contributed by atoms with Crippen LogP contribution in [0.1, 0.15) is 22.7 Å². The van der Waals surface area contributed by atoms with Gasteiger partial charge >= 0.3 is 0 Å². The highest BCUT2D eigenvalue weighted by atomic mass is 19.1. The highest BCUT2D eigenvalue weighted by molar-refractivity contribution is 5.27. The van der Waals surface area contributed by atoms with Gasteiger partial charge in [0.1, 0.15) is 5.82 Å². The van der Waals surface area contributed by atoms with E-state index in [1.54, 1.807) is 17.7 Å². The fraction of sp³-hybridized carbons (Fsp3) is 0.400. The molecule has 0 saturated carbocycles. The number of likely N-dealkylation sites (N-methyl/N-ethyl adjacent to an activating group) is 1. The van der Waals surface area contributed by atoms with E-state index in [9.17, 15) is 4.39 Å². The highest BCUT2D eigenvalue weighted by Crippen LogP contribution is 2.22. The van der Waals surface area contributed by atoms with Crippen molar-refractivity contribution in [3.63, 3.8) is 0 Å². The lowest BCUT2D eigenvalue weighted by molar-refractivity contribution is 0.241. The first-order valence-corrected chi connectivity index (χ1v) is 6.65. The Hall–Kier alpha value is -1.72. The highest BCUT2D eigenvalue weighted by Gasteiger charge is 2.17. The molecule has 0 saturated heterocycles. The minimum atomic E-state index is -0.181. The van der Waals surface area contributed by atoms with Gasteiger partial charge in [0, 0.05) is 37.9 Å². The third-order valence-electron chi connectivity index (χ3n) is 3.51. The number of aryl methyl sites for hydroxylation is 2. The number of benzene rings is 1. The summed E-state index contributed by atoms with van der Waals surface area (Å²) in [5.74, 6) is -0.181. The topological polar surface area (TPSA) is 47.1 Å². The van der Waals surface area contributed by atoms with Crippen molar-refractivity contribution in [3.8, 4) is 0 Å². The van der Waals surface area contributed by atoms with Crippen molar-refractivity contribution in [1.82, 2.24) is 14.7 Å². The zero-order valence-corrected chi connectivity index (χ0v) is 12.2. The first-order valence-electron chi connectivity index (χ1n) is 6.65. The monoisotopic (exact) mass is 276 g/mol. The molecule has 1 unspecified atom stereocenters. The molecule has 1 heterocycles. The molecule has 108 valence electrons. The van der Waals surface area contributed by atoms with Crippen LogP contribution in [0.4, 0.5) is 4.39 Å². The molecule has 0 radical (unpaired) electrons. The number of halogens is 1. The van der Waals surface area contributed by atoms with Gasteiger partial charge in [-0.2, -0.15) is 5.10 Å². The van der Waals surface area contributed by atoms with Crippen molar-refractivity contribution in [1.29, 1.82) is 0 Å². The molecule has 1 atom stereocenters.